The lowest BCUT2D eigenvalue weighted by Gasteiger charge is -2.15. The first-order valence-electron chi connectivity index (χ1n) is 13.5. The fourth-order valence-corrected chi connectivity index (χ4v) is 5.48. The van der Waals surface area contributed by atoms with Crippen LogP contribution in [0.5, 0.6) is 0 Å². The van der Waals surface area contributed by atoms with Crippen LogP contribution in [0.15, 0.2) is 96.1 Å². The standard InChI is InChI=1S/C34H32N4/c1-4-5-19-35-32-22-28(21-23(2)29-14-8-11-25-10-6-7-13-30(25)29)24(3)38(32)31-18-17-27-16-15-26-12-9-20-36-33(26)34(27)37-31/h6-20,22-23H,4-5,21H2,1-3H3/b35-19-. The highest BCUT2D eigenvalue weighted by Gasteiger charge is 2.18. The molecule has 0 saturated carbocycles. The molecule has 0 radical (unpaired) electrons. The highest BCUT2D eigenvalue weighted by Crippen LogP contribution is 2.34. The van der Waals surface area contributed by atoms with Crippen LogP contribution in [0.1, 0.15) is 49.4 Å². The molecule has 4 nitrogen and oxygen atoms in total. The predicted molar refractivity (Wildman–Crippen MR) is 160 cm³/mol. The second-order valence-corrected chi connectivity index (χ2v) is 10.1. The Balaban J connectivity index is 1.45. The molecule has 4 heteroatoms. The maximum absolute atomic E-state index is 5.14. The summed E-state index contributed by atoms with van der Waals surface area (Å²) in [6.07, 6.45) is 6.82. The maximum Gasteiger partial charge on any atom is 0.139 e. The molecule has 0 aliphatic rings. The van der Waals surface area contributed by atoms with Crippen molar-refractivity contribution in [2.45, 2.75) is 46.0 Å². The fraction of sp³-hybridized carbons (Fsp3) is 0.206. The fourth-order valence-electron chi connectivity index (χ4n) is 5.48. The van der Waals surface area contributed by atoms with Crippen LogP contribution in [-0.2, 0) is 6.42 Å². The summed E-state index contributed by atoms with van der Waals surface area (Å²) in [6.45, 7) is 6.69. The van der Waals surface area contributed by atoms with Crippen LogP contribution < -0.4 is 0 Å². The minimum Gasteiger partial charge on any atom is -0.283 e. The van der Waals surface area contributed by atoms with Crippen molar-refractivity contribution in [1.29, 1.82) is 0 Å². The van der Waals surface area contributed by atoms with Gasteiger partial charge in [-0.3, -0.25) is 9.55 Å². The molecular weight excluding hydrogens is 464 g/mol. The summed E-state index contributed by atoms with van der Waals surface area (Å²) in [5.41, 5.74) is 5.71. The Morgan fingerprint density at radius 2 is 1.63 bits per heavy atom. The SMILES string of the molecule is CCC/C=N\c1cc(CC(C)c2cccc3ccccc23)c(C)n1-c1ccc2ccc3cccnc3c2n1. The zero-order valence-electron chi connectivity index (χ0n) is 22.2. The highest BCUT2D eigenvalue weighted by molar-refractivity contribution is 6.02. The Kier molecular flexibility index (Phi) is 6.47. The summed E-state index contributed by atoms with van der Waals surface area (Å²) in [4.78, 5) is 14.7. The van der Waals surface area contributed by atoms with E-state index in [0.717, 1.165) is 52.7 Å². The van der Waals surface area contributed by atoms with Crippen molar-refractivity contribution in [3.63, 3.8) is 0 Å². The Morgan fingerprint density at radius 1 is 0.868 bits per heavy atom. The molecule has 0 spiro atoms. The molecule has 1 atom stereocenters. The minimum absolute atomic E-state index is 0.362. The van der Waals surface area contributed by atoms with Gasteiger partial charge in [0.2, 0.25) is 0 Å². The van der Waals surface area contributed by atoms with E-state index in [1.54, 1.807) is 0 Å². The van der Waals surface area contributed by atoms with E-state index < -0.39 is 0 Å². The van der Waals surface area contributed by atoms with Crippen LogP contribution in [0, 0.1) is 6.92 Å². The third-order valence-corrected chi connectivity index (χ3v) is 7.50. The average Bonchev–Trinajstić information content (AvgIpc) is 3.26. The summed E-state index contributed by atoms with van der Waals surface area (Å²) in [6, 6.07) is 30.1. The van der Waals surface area contributed by atoms with Gasteiger partial charge < -0.3 is 0 Å². The van der Waals surface area contributed by atoms with E-state index in [4.69, 9.17) is 9.98 Å². The third-order valence-electron chi connectivity index (χ3n) is 7.50. The minimum atomic E-state index is 0.362. The van der Waals surface area contributed by atoms with Crippen LogP contribution in [0.25, 0.3) is 38.4 Å². The van der Waals surface area contributed by atoms with Gasteiger partial charge in [0.25, 0.3) is 0 Å². The number of benzene rings is 3. The zero-order chi connectivity index (χ0) is 26.1. The van der Waals surface area contributed by atoms with Gasteiger partial charge in [-0.05, 0) is 71.8 Å². The van der Waals surface area contributed by atoms with Crippen molar-refractivity contribution in [2.24, 2.45) is 4.99 Å². The van der Waals surface area contributed by atoms with Crippen molar-refractivity contribution >= 4 is 44.6 Å². The van der Waals surface area contributed by atoms with Gasteiger partial charge in [0.1, 0.15) is 11.6 Å². The lowest BCUT2D eigenvalue weighted by atomic mass is 9.90. The van der Waals surface area contributed by atoms with Gasteiger partial charge in [0.15, 0.2) is 0 Å². The second-order valence-electron chi connectivity index (χ2n) is 10.1. The monoisotopic (exact) mass is 496 g/mol. The van der Waals surface area contributed by atoms with Gasteiger partial charge >= 0.3 is 0 Å². The molecule has 0 amide bonds. The highest BCUT2D eigenvalue weighted by atomic mass is 15.1. The van der Waals surface area contributed by atoms with E-state index in [2.05, 4.69) is 109 Å². The van der Waals surface area contributed by atoms with E-state index in [0.29, 0.717) is 5.92 Å². The number of aliphatic imine (C=N–C) groups is 1. The Bertz CT molecular complexity index is 1790. The normalized spacial score (nSPS) is 12.7. The van der Waals surface area contributed by atoms with E-state index in [-0.39, 0.29) is 0 Å². The van der Waals surface area contributed by atoms with Gasteiger partial charge in [-0.1, -0.05) is 80.9 Å². The maximum atomic E-state index is 5.14. The van der Waals surface area contributed by atoms with E-state index >= 15 is 0 Å². The molecule has 3 aromatic heterocycles. The number of unbranched alkanes of at least 4 members (excludes halogenated alkanes) is 1. The molecule has 3 heterocycles. The van der Waals surface area contributed by atoms with E-state index in [1.165, 1.54) is 27.6 Å². The molecule has 188 valence electrons. The molecule has 38 heavy (non-hydrogen) atoms. The molecular formula is C34H32N4. The lowest BCUT2D eigenvalue weighted by Crippen LogP contribution is -2.03. The number of hydrogen-bond acceptors (Lipinski definition) is 3. The van der Waals surface area contributed by atoms with E-state index in [9.17, 15) is 0 Å². The Hall–Kier alpha value is -4.31. The van der Waals surface area contributed by atoms with Crippen LogP contribution in [0.4, 0.5) is 5.82 Å². The van der Waals surface area contributed by atoms with Gasteiger partial charge in [-0.2, -0.15) is 0 Å². The molecule has 1 unspecified atom stereocenters. The summed E-state index contributed by atoms with van der Waals surface area (Å²) in [7, 11) is 0. The third kappa shape index (κ3) is 4.37. The molecule has 3 aromatic carbocycles. The van der Waals surface area contributed by atoms with Crippen molar-refractivity contribution in [3.05, 3.63) is 108 Å². The van der Waals surface area contributed by atoms with E-state index in [1.807, 2.05) is 18.5 Å². The second kappa shape index (κ2) is 10.2. The summed E-state index contributed by atoms with van der Waals surface area (Å²) in [5, 5.41) is 4.80. The molecule has 0 saturated heterocycles. The number of fused-ring (bicyclic) bond motifs is 4. The molecule has 0 bridgehead atoms. The first-order valence-corrected chi connectivity index (χ1v) is 13.5. The summed E-state index contributed by atoms with van der Waals surface area (Å²) < 4.78 is 2.21. The molecule has 0 N–H and O–H groups in total. The van der Waals surface area contributed by atoms with Gasteiger partial charge in [0.05, 0.1) is 11.0 Å². The Labute approximate surface area is 223 Å². The molecule has 6 rings (SSSR count). The molecule has 6 aromatic rings. The van der Waals surface area contributed by atoms with Crippen molar-refractivity contribution in [1.82, 2.24) is 14.5 Å². The molecule has 0 aliphatic heterocycles. The number of aromatic nitrogens is 3. The number of pyridine rings is 2. The van der Waals surface area contributed by atoms with Gasteiger partial charge in [-0.25, -0.2) is 9.98 Å². The van der Waals surface area contributed by atoms with Gasteiger partial charge in [0, 0.05) is 28.9 Å². The van der Waals surface area contributed by atoms with Crippen molar-refractivity contribution < 1.29 is 0 Å². The number of hydrogen-bond donors (Lipinski definition) is 0. The van der Waals surface area contributed by atoms with Gasteiger partial charge in [-0.15, -0.1) is 0 Å². The lowest BCUT2D eigenvalue weighted by molar-refractivity contribution is 0.758. The largest absolute Gasteiger partial charge is 0.283 e. The quantitative estimate of drug-likeness (QED) is 0.164. The number of rotatable bonds is 7. The zero-order valence-corrected chi connectivity index (χ0v) is 22.2. The van der Waals surface area contributed by atoms with Crippen LogP contribution >= 0.6 is 0 Å². The molecule has 0 fully saturated rings. The summed E-state index contributed by atoms with van der Waals surface area (Å²) in [5.74, 6) is 2.16. The molecule has 0 aliphatic carbocycles. The first kappa shape index (κ1) is 24.1. The Morgan fingerprint density at radius 3 is 2.50 bits per heavy atom. The summed E-state index contributed by atoms with van der Waals surface area (Å²) >= 11 is 0. The first-order chi connectivity index (χ1) is 18.6. The van der Waals surface area contributed by atoms with Crippen molar-refractivity contribution in [3.8, 4) is 5.82 Å². The van der Waals surface area contributed by atoms with Crippen LogP contribution in [0.3, 0.4) is 0 Å². The van der Waals surface area contributed by atoms with Crippen molar-refractivity contribution in [2.75, 3.05) is 0 Å². The predicted octanol–water partition coefficient (Wildman–Crippen LogP) is 8.88. The van der Waals surface area contributed by atoms with Crippen LogP contribution in [-0.4, -0.2) is 20.7 Å². The average molecular weight is 497 g/mol. The smallest absolute Gasteiger partial charge is 0.139 e. The number of nitrogens with zero attached hydrogens (tertiary/aromatic N) is 4. The van der Waals surface area contributed by atoms with Crippen LogP contribution in [0.2, 0.25) is 0 Å². The topological polar surface area (TPSA) is 43.1 Å².